The van der Waals surface area contributed by atoms with Gasteiger partial charge in [-0.15, -0.1) is 0 Å². The lowest BCUT2D eigenvalue weighted by Gasteiger charge is -1.92. The zero-order valence-corrected chi connectivity index (χ0v) is 4.96. The topological polar surface area (TPSA) is 109 Å². The Labute approximate surface area is 56.0 Å². The number of carboxylic acids is 1. The predicted octanol–water partition coefficient (Wildman–Crippen LogP) is -1.98. The van der Waals surface area contributed by atoms with Crippen LogP contribution >= 0.6 is 0 Å². The highest BCUT2D eigenvalue weighted by Gasteiger charge is 2.14. The first kappa shape index (κ1) is 8.57. The Hall–Kier alpha value is -1.43. The van der Waals surface area contributed by atoms with Crippen LogP contribution in [0.15, 0.2) is 0 Å². The summed E-state index contributed by atoms with van der Waals surface area (Å²) in [5.41, 5.74) is 1.63. The minimum atomic E-state index is -1.64. The molecule has 56 valence electrons. The minimum absolute atomic E-state index is 0.716. The number of carbonyl (C=O) groups excluding carboxylic acids is 2. The monoisotopic (exact) mass is 146 g/mol. The SMILES string of the molecule is NNC(=O)CC(=O)C(=O)O. The minimum Gasteiger partial charge on any atom is -0.475 e. The Kier molecular flexibility index (Phi) is 3.06. The third-order valence-electron chi connectivity index (χ3n) is 0.721. The summed E-state index contributed by atoms with van der Waals surface area (Å²) in [6.45, 7) is 0. The van der Waals surface area contributed by atoms with E-state index in [-0.39, 0.29) is 0 Å². The van der Waals surface area contributed by atoms with Crippen LogP contribution in [0.4, 0.5) is 0 Å². The molecule has 0 aliphatic rings. The first-order valence-corrected chi connectivity index (χ1v) is 2.33. The molecule has 6 heteroatoms. The van der Waals surface area contributed by atoms with Crippen molar-refractivity contribution in [2.24, 2.45) is 5.84 Å². The van der Waals surface area contributed by atoms with E-state index in [1.165, 1.54) is 0 Å². The van der Waals surface area contributed by atoms with Gasteiger partial charge in [-0.1, -0.05) is 0 Å². The Balaban J connectivity index is 3.80. The highest BCUT2D eigenvalue weighted by molar-refractivity contribution is 6.36. The largest absolute Gasteiger partial charge is 0.475 e. The van der Waals surface area contributed by atoms with Crippen LogP contribution in [0.1, 0.15) is 6.42 Å². The van der Waals surface area contributed by atoms with Crippen molar-refractivity contribution < 1.29 is 19.5 Å². The predicted molar refractivity (Wildman–Crippen MR) is 29.6 cm³/mol. The lowest BCUT2D eigenvalue weighted by Crippen LogP contribution is -2.33. The van der Waals surface area contributed by atoms with Gasteiger partial charge in [0.2, 0.25) is 11.7 Å². The van der Waals surface area contributed by atoms with E-state index in [4.69, 9.17) is 5.11 Å². The summed E-state index contributed by atoms with van der Waals surface area (Å²) in [5.74, 6) is 0.950. The van der Waals surface area contributed by atoms with Gasteiger partial charge in [0.25, 0.3) is 0 Å². The standard InChI is InChI=1S/C4H6N2O4/c5-6-3(8)1-2(7)4(9)10/h1,5H2,(H,6,8)(H,9,10). The van der Waals surface area contributed by atoms with Crippen LogP contribution in [-0.4, -0.2) is 22.8 Å². The maximum atomic E-state index is 10.2. The molecule has 6 nitrogen and oxygen atoms in total. The molecule has 0 fully saturated rings. The lowest BCUT2D eigenvalue weighted by atomic mass is 10.3. The molecule has 0 aromatic carbocycles. The lowest BCUT2D eigenvalue weighted by molar-refractivity contribution is -0.150. The Morgan fingerprint density at radius 2 is 1.90 bits per heavy atom. The van der Waals surface area contributed by atoms with Gasteiger partial charge in [0.15, 0.2) is 0 Å². The fourth-order valence-electron chi connectivity index (χ4n) is 0.272. The van der Waals surface area contributed by atoms with Crippen LogP contribution in [0.25, 0.3) is 0 Å². The normalized spacial score (nSPS) is 8.50. The molecule has 0 rings (SSSR count). The highest BCUT2D eigenvalue weighted by atomic mass is 16.4. The molecule has 1 amide bonds. The summed E-state index contributed by atoms with van der Waals surface area (Å²) in [4.78, 5) is 30.2. The number of hydrogen-bond donors (Lipinski definition) is 3. The average Bonchev–Trinajstić information content (AvgIpc) is 1.87. The van der Waals surface area contributed by atoms with Gasteiger partial charge >= 0.3 is 5.97 Å². The third-order valence-corrected chi connectivity index (χ3v) is 0.721. The van der Waals surface area contributed by atoms with Crippen LogP contribution < -0.4 is 11.3 Å². The molecule has 0 aromatic heterocycles. The molecule has 0 aromatic rings. The maximum Gasteiger partial charge on any atom is 0.372 e. The molecule has 0 atom stereocenters. The summed E-state index contributed by atoms with van der Waals surface area (Å²) in [6, 6.07) is 0. The second kappa shape index (κ2) is 3.57. The van der Waals surface area contributed by atoms with Gasteiger partial charge in [0.05, 0.1) is 6.42 Å². The summed E-state index contributed by atoms with van der Waals surface area (Å²) in [6.07, 6.45) is -0.716. The summed E-state index contributed by atoms with van der Waals surface area (Å²) in [5, 5.41) is 7.96. The molecule has 0 bridgehead atoms. The zero-order chi connectivity index (χ0) is 8.15. The van der Waals surface area contributed by atoms with Crippen molar-refractivity contribution in [2.45, 2.75) is 6.42 Å². The first-order chi connectivity index (χ1) is 4.57. The molecule has 0 aliphatic heterocycles. The van der Waals surface area contributed by atoms with Crippen molar-refractivity contribution in [1.82, 2.24) is 5.43 Å². The van der Waals surface area contributed by atoms with Crippen LogP contribution in [0.3, 0.4) is 0 Å². The molecule has 0 radical (unpaired) electrons. The third kappa shape index (κ3) is 2.78. The van der Waals surface area contributed by atoms with Crippen LogP contribution in [0, 0.1) is 0 Å². The quantitative estimate of drug-likeness (QED) is 0.140. The van der Waals surface area contributed by atoms with Crippen LogP contribution in [-0.2, 0) is 14.4 Å². The number of amides is 1. The van der Waals surface area contributed by atoms with Gasteiger partial charge in [-0.05, 0) is 0 Å². The molecule has 0 spiro atoms. The summed E-state index contributed by atoms with van der Waals surface area (Å²) in [7, 11) is 0. The molecule has 0 unspecified atom stereocenters. The molecular formula is C4H6N2O4. The fourth-order valence-corrected chi connectivity index (χ4v) is 0.272. The first-order valence-electron chi connectivity index (χ1n) is 2.33. The average molecular weight is 146 g/mol. The second-order valence-electron chi connectivity index (χ2n) is 1.47. The number of carboxylic acid groups (broad SMARTS) is 1. The second-order valence-corrected chi connectivity index (χ2v) is 1.47. The van der Waals surface area contributed by atoms with Gasteiger partial charge in [0, 0.05) is 0 Å². The van der Waals surface area contributed by atoms with Crippen molar-refractivity contribution >= 4 is 17.7 Å². The highest BCUT2D eigenvalue weighted by Crippen LogP contribution is 1.81. The van der Waals surface area contributed by atoms with Crippen molar-refractivity contribution in [3.05, 3.63) is 0 Å². The number of nitrogens with two attached hydrogens (primary N) is 1. The zero-order valence-electron chi connectivity index (χ0n) is 4.96. The van der Waals surface area contributed by atoms with Gasteiger partial charge in [-0.25, -0.2) is 10.6 Å². The number of Topliss-reactive ketones (excluding diaryl/α,β-unsaturated/α-hetero) is 1. The van der Waals surface area contributed by atoms with E-state index < -0.39 is 24.1 Å². The molecule has 0 saturated carbocycles. The number of ketones is 1. The number of hydrazine groups is 1. The van der Waals surface area contributed by atoms with Gasteiger partial charge in [0.1, 0.15) is 0 Å². The Morgan fingerprint density at radius 1 is 1.40 bits per heavy atom. The number of rotatable bonds is 3. The van der Waals surface area contributed by atoms with Crippen molar-refractivity contribution in [3.63, 3.8) is 0 Å². The molecule has 0 aliphatic carbocycles. The van der Waals surface area contributed by atoms with Crippen molar-refractivity contribution in [3.8, 4) is 0 Å². The molecule has 0 heterocycles. The number of carbonyl (C=O) groups is 3. The van der Waals surface area contributed by atoms with Gasteiger partial charge in [-0.2, -0.15) is 0 Å². The van der Waals surface area contributed by atoms with E-state index >= 15 is 0 Å². The summed E-state index contributed by atoms with van der Waals surface area (Å²) < 4.78 is 0. The molecule has 0 saturated heterocycles. The smallest absolute Gasteiger partial charge is 0.372 e. The Bertz CT molecular complexity index is 176. The van der Waals surface area contributed by atoms with E-state index in [9.17, 15) is 14.4 Å². The van der Waals surface area contributed by atoms with Crippen LogP contribution in [0.2, 0.25) is 0 Å². The summed E-state index contributed by atoms with van der Waals surface area (Å²) >= 11 is 0. The molecular weight excluding hydrogens is 140 g/mol. The number of hydrogen-bond acceptors (Lipinski definition) is 4. The van der Waals surface area contributed by atoms with E-state index in [1.807, 2.05) is 0 Å². The van der Waals surface area contributed by atoms with E-state index in [0.29, 0.717) is 0 Å². The Morgan fingerprint density at radius 3 is 2.20 bits per heavy atom. The fraction of sp³-hybridized carbons (Fsp3) is 0.250. The van der Waals surface area contributed by atoms with E-state index in [1.54, 1.807) is 5.43 Å². The van der Waals surface area contributed by atoms with E-state index in [2.05, 4.69) is 5.84 Å². The number of aliphatic carboxylic acids is 1. The molecule has 10 heavy (non-hydrogen) atoms. The maximum absolute atomic E-state index is 10.2. The van der Waals surface area contributed by atoms with E-state index in [0.717, 1.165) is 0 Å². The molecule has 4 N–H and O–H groups in total. The van der Waals surface area contributed by atoms with Gasteiger partial charge in [-0.3, -0.25) is 15.0 Å². The van der Waals surface area contributed by atoms with Crippen molar-refractivity contribution in [2.75, 3.05) is 0 Å². The number of nitrogens with one attached hydrogen (secondary N) is 1. The van der Waals surface area contributed by atoms with Crippen LogP contribution in [0.5, 0.6) is 0 Å². The van der Waals surface area contributed by atoms with Gasteiger partial charge < -0.3 is 5.11 Å². The van der Waals surface area contributed by atoms with Crippen molar-refractivity contribution in [1.29, 1.82) is 0 Å².